The summed E-state index contributed by atoms with van der Waals surface area (Å²) in [6, 6.07) is 19.8. The van der Waals surface area contributed by atoms with Crippen molar-refractivity contribution in [1.82, 2.24) is 4.98 Å². The van der Waals surface area contributed by atoms with Crippen molar-refractivity contribution in [3.8, 4) is 11.5 Å². The highest BCUT2D eigenvalue weighted by atomic mass is 32.2. The normalized spacial score (nSPS) is 11.1. The van der Waals surface area contributed by atoms with Crippen LogP contribution in [0.2, 0.25) is 0 Å². The number of nitrogens with zero attached hydrogens (tertiary/aromatic N) is 1. The van der Waals surface area contributed by atoms with E-state index in [0.29, 0.717) is 28.2 Å². The van der Waals surface area contributed by atoms with E-state index in [4.69, 9.17) is 9.47 Å². The van der Waals surface area contributed by atoms with Crippen molar-refractivity contribution in [2.45, 2.75) is 4.90 Å². The van der Waals surface area contributed by atoms with Crippen LogP contribution in [-0.2, 0) is 10.0 Å². The number of nitrogens with one attached hydrogen (secondary N) is 2. The minimum absolute atomic E-state index is 0.116. The Morgan fingerprint density at radius 2 is 1.61 bits per heavy atom. The minimum atomic E-state index is -4.01. The smallest absolute Gasteiger partial charge is 0.265 e. The molecule has 0 aliphatic heterocycles. The molecule has 0 saturated heterocycles. The molecule has 0 saturated carbocycles. The van der Waals surface area contributed by atoms with E-state index in [9.17, 15) is 13.2 Å². The van der Waals surface area contributed by atoms with Gasteiger partial charge in [0.05, 0.1) is 25.3 Å². The van der Waals surface area contributed by atoms with Crippen molar-refractivity contribution in [3.63, 3.8) is 0 Å². The molecule has 0 spiro atoms. The molecule has 0 unspecified atom stereocenters. The van der Waals surface area contributed by atoms with Crippen LogP contribution < -0.4 is 19.5 Å². The second-order valence-electron chi connectivity index (χ2n) is 7.03. The number of para-hydroxylation sites is 1. The number of sulfonamides is 1. The van der Waals surface area contributed by atoms with Crippen LogP contribution in [0.15, 0.2) is 83.9 Å². The molecule has 0 radical (unpaired) electrons. The summed E-state index contributed by atoms with van der Waals surface area (Å²) in [5, 5.41) is 3.58. The van der Waals surface area contributed by atoms with E-state index < -0.39 is 15.9 Å². The molecule has 0 aliphatic carbocycles. The summed E-state index contributed by atoms with van der Waals surface area (Å²) >= 11 is 0. The van der Waals surface area contributed by atoms with Gasteiger partial charge in [0.2, 0.25) is 0 Å². The Labute approximate surface area is 191 Å². The fourth-order valence-corrected chi connectivity index (χ4v) is 4.57. The molecule has 1 aromatic heterocycles. The van der Waals surface area contributed by atoms with Gasteiger partial charge in [-0.1, -0.05) is 18.2 Å². The van der Waals surface area contributed by atoms with Crippen LogP contribution in [-0.4, -0.2) is 33.5 Å². The standard InChI is InChI=1S/C24H21N3O5S/c1-31-19-11-8-17(9-12-19)27-33(29,30)22-15-18(10-13-21(22)32-2)26-24(28)20-7-3-5-16-6-4-14-25-23(16)20/h3-15,27H,1-2H3,(H,26,28). The van der Waals surface area contributed by atoms with E-state index in [1.54, 1.807) is 54.7 Å². The zero-order valence-electron chi connectivity index (χ0n) is 17.9. The summed E-state index contributed by atoms with van der Waals surface area (Å²) in [6.07, 6.45) is 1.61. The number of anilines is 2. The summed E-state index contributed by atoms with van der Waals surface area (Å²) in [6.45, 7) is 0. The summed E-state index contributed by atoms with van der Waals surface area (Å²) in [5.74, 6) is 0.333. The molecular weight excluding hydrogens is 442 g/mol. The molecule has 33 heavy (non-hydrogen) atoms. The highest BCUT2D eigenvalue weighted by Crippen LogP contribution is 2.30. The Morgan fingerprint density at radius 3 is 2.33 bits per heavy atom. The Balaban J connectivity index is 1.64. The van der Waals surface area contributed by atoms with Crippen molar-refractivity contribution < 1.29 is 22.7 Å². The third kappa shape index (κ3) is 4.73. The number of hydrogen-bond acceptors (Lipinski definition) is 6. The maximum absolute atomic E-state index is 13.1. The molecule has 1 heterocycles. The summed E-state index contributed by atoms with van der Waals surface area (Å²) in [7, 11) is -1.11. The lowest BCUT2D eigenvalue weighted by molar-refractivity contribution is 0.102. The number of carbonyl (C=O) groups excluding carboxylic acids is 1. The largest absolute Gasteiger partial charge is 0.497 e. The predicted octanol–water partition coefficient (Wildman–Crippen LogP) is 4.31. The maximum Gasteiger partial charge on any atom is 0.265 e. The van der Waals surface area contributed by atoms with Crippen LogP contribution in [0.4, 0.5) is 11.4 Å². The topological polar surface area (TPSA) is 107 Å². The molecule has 3 aromatic carbocycles. The predicted molar refractivity (Wildman–Crippen MR) is 126 cm³/mol. The van der Waals surface area contributed by atoms with Crippen LogP contribution in [0.3, 0.4) is 0 Å². The highest BCUT2D eigenvalue weighted by molar-refractivity contribution is 7.92. The van der Waals surface area contributed by atoms with Crippen LogP contribution in [0, 0.1) is 0 Å². The summed E-state index contributed by atoms with van der Waals surface area (Å²) in [5.41, 5.74) is 1.59. The molecule has 4 rings (SSSR count). The van der Waals surface area contributed by atoms with Crippen LogP contribution in [0.1, 0.15) is 10.4 Å². The first kappa shape index (κ1) is 22.1. The minimum Gasteiger partial charge on any atom is -0.497 e. The van der Waals surface area contributed by atoms with Gasteiger partial charge in [-0.15, -0.1) is 0 Å². The SMILES string of the molecule is COc1ccc(NS(=O)(=O)c2cc(NC(=O)c3cccc4cccnc34)ccc2OC)cc1. The van der Waals surface area contributed by atoms with Crippen molar-refractivity contribution in [2.24, 2.45) is 0 Å². The van der Waals surface area contributed by atoms with Gasteiger partial charge in [0.25, 0.3) is 15.9 Å². The van der Waals surface area contributed by atoms with E-state index in [-0.39, 0.29) is 10.6 Å². The molecule has 168 valence electrons. The molecule has 1 amide bonds. The first-order chi connectivity index (χ1) is 15.9. The lowest BCUT2D eigenvalue weighted by Gasteiger charge is -2.14. The Bertz CT molecular complexity index is 1410. The average Bonchev–Trinajstić information content (AvgIpc) is 2.84. The first-order valence-corrected chi connectivity index (χ1v) is 11.4. The van der Waals surface area contributed by atoms with Gasteiger partial charge in [0.15, 0.2) is 0 Å². The highest BCUT2D eigenvalue weighted by Gasteiger charge is 2.21. The average molecular weight is 464 g/mol. The molecule has 2 N–H and O–H groups in total. The Kier molecular flexibility index (Phi) is 6.14. The fourth-order valence-electron chi connectivity index (χ4n) is 3.32. The van der Waals surface area contributed by atoms with Gasteiger partial charge in [-0.2, -0.15) is 0 Å². The number of aromatic nitrogens is 1. The van der Waals surface area contributed by atoms with Gasteiger partial charge in [-0.3, -0.25) is 14.5 Å². The Morgan fingerprint density at radius 1 is 0.879 bits per heavy atom. The van der Waals surface area contributed by atoms with Gasteiger partial charge in [-0.25, -0.2) is 8.42 Å². The first-order valence-electron chi connectivity index (χ1n) is 9.91. The molecule has 0 fully saturated rings. The van der Waals surface area contributed by atoms with Crippen molar-refractivity contribution in [1.29, 1.82) is 0 Å². The number of pyridine rings is 1. The second kappa shape index (κ2) is 9.17. The maximum atomic E-state index is 13.1. The summed E-state index contributed by atoms with van der Waals surface area (Å²) < 4.78 is 39.0. The second-order valence-corrected chi connectivity index (χ2v) is 8.69. The van der Waals surface area contributed by atoms with E-state index in [0.717, 1.165) is 5.39 Å². The van der Waals surface area contributed by atoms with Gasteiger partial charge < -0.3 is 14.8 Å². The number of amides is 1. The Hall–Kier alpha value is -4.11. The monoisotopic (exact) mass is 463 g/mol. The van der Waals surface area contributed by atoms with E-state index in [1.807, 2.05) is 12.1 Å². The number of ether oxygens (including phenoxy) is 2. The van der Waals surface area contributed by atoms with Crippen molar-refractivity contribution >= 4 is 38.2 Å². The quantitative estimate of drug-likeness (QED) is 0.423. The number of fused-ring (bicyclic) bond motifs is 1. The molecule has 0 aliphatic rings. The van der Waals surface area contributed by atoms with Crippen LogP contribution in [0.5, 0.6) is 11.5 Å². The zero-order valence-corrected chi connectivity index (χ0v) is 18.7. The van der Waals surface area contributed by atoms with Gasteiger partial charge in [0, 0.05) is 23.0 Å². The number of carbonyl (C=O) groups is 1. The fraction of sp³-hybridized carbons (Fsp3) is 0.0833. The molecule has 8 nitrogen and oxygen atoms in total. The lowest BCUT2D eigenvalue weighted by Crippen LogP contribution is -2.16. The number of methoxy groups -OCH3 is 2. The third-order valence-corrected chi connectivity index (χ3v) is 6.33. The molecule has 9 heteroatoms. The summed E-state index contributed by atoms with van der Waals surface area (Å²) in [4.78, 5) is 17.1. The van der Waals surface area contributed by atoms with Crippen LogP contribution in [0.25, 0.3) is 10.9 Å². The van der Waals surface area contributed by atoms with E-state index in [2.05, 4.69) is 15.0 Å². The number of benzene rings is 3. The number of hydrogen-bond donors (Lipinski definition) is 2. The van der Waals surface area contributed by atoms with E-state index >= 15 is 0 Å². The van der Waals surface area contributed by atoms with Crippen molar-refractivity contribution in [2.75, 3.05) is 24.3 Å². The van der Waals surface area contributed by atoms with Gasteiger partial charge >= 0.3 is 0 Å². The number of rotatable bonds is 7. The van der Waals surface area contributed by atoms with Gasteiger partial charge in [0.1, 0.15) is 16.4 Å². The molecular formula is C24H21N3O5S. The molecule has 4 aromatic rings. The van der Waals surface area contributed by atoms with Crippen LogP contribution >= 0.6 is 0 Å². The van der Waals surface area contributed by atoms with Crippen molar-refractivity contribution in [3.05, 3.63) is 84.6 Å². The lowest BCUT2D eigenvalue weighted by atomic mass is 10.1. The molecule has 0 bridgehead atoms. The zero-order chi connectivity index (χ0) is 23.4. The third-order valence-electron chi connectivity index (χ3n) is 4.93. The van der Waals surface area contributed by atoms with E-state index in [1.165, 1.54) is 26.4 Å². The molecule has 0 atom stereocenters. The van der Waals surface area contributed by atoms with Gasteiger partial charge in [-0.05, 0) is 54.6 Å².